The first-order chi connectivity index (χ1) is 13.3. The van der Waals surface area contributed by atoms with Crippen molar-refractivity contribution in [3.8, 4) is 5.75 Å². The van der Waals surface area contributed by atoms with Crippen molar-refractivity contribution in [3.05, 3.63) is 68.9 Å². The summed E-state index contributed by atoms with van der Waals surface area (Å²) in [4.78, 5) is 42.1. The summed E-state index contributed by atoms with van der Waals surface area (Å²) >= 11 is 0. The number of hydrogen-bond donors (Lipinski definition) is 2. The van der Waals surface area contributed by atoms with E-state index in [-0.39, 0.29) is 24.2 Å². The van der Waals surface area contributed by atoms with Gasteiger partial charge in [-0.25, -0.2) is 4.85 Å². The van der Waals surface area contributed by atoms with Gasteiger partial charge in [-0.1, -0.05) is 24.3 Å². The van der Waals surface area contributed by atoms with Gasteiger partial charge in [0.2, 0.25) is 5.43 Å². The number of aromatic hydroxyl groups is 1. The number of fused-ring (bicyclic) bond motifs is 1. The van der Waals surface area contributed by atoms with Crippen molar-refractivity contribution in [1.29, 1.82) is 0 Å². The highest BCUT2D eigenvalue weighted by atomic mass is 16.3. The Morgan fingerprint density at radius 1 is 1.25 bits per heavy atom. The Balaban J connectivity index is 1.86. The molecule has 1 aromatic carbocycles. The molecule has 1 aliphatic heterocycles. The van der Waals surface area contributed by atoms with Crippen LogP contribution in [0.4, 0.5) is 5.69 Å². The number of amides is 2. The second kappa shape index (κ2) is 7.56. The molecule has 0 atom stereocenters. The van der Waals surface area contributed by atoms with Crippen LogP contribution in [0.1, 0.15) is 40.4 Å². The fourth-order valence-corrected chi connectivity index (χ4v) is 3.20. The predicted octanol–water partition coefficient (Wildman–Crippen LogP) is 1.90. The molecule has 0 aliphatic carbocycles. The molecule has 0 unspecified atom stereocenters. The van der Waals surface area contributed by atoms with Gasteiger partial charge in [0.05, 0.1) is 13.1 Å². The van der Waals surface area contributed by atoms with Gasteiger partial charge >= 0.3 is 0 Å². The summed E-state index contributed by atoms with van der Waals surface area (Å²) in [6, 6.07) is 7.37. The lowest BCUT2D eigenvalue weighted by molar-refractivity contribution is 0.0639. The number of hydrogen-bond acceptors (Lipinski definition) is 4. The average Bonchev–Trinajstić information content (AvgIpc) is 2.69. The highest BCUT2D eigenvalue weighted by Gasteiger charge is 2.31. The fraction of sp³-hybridized carbons (Fsp3) is 0.300. The minimum atomic E-state index is -0.657. The van der Waals surface area contributed by atoms with E-state index in [1.165, 1.54) is 6.07 Å². The summed E-state index contributed by atoms with van der Waals surface area (Å²) in [5, 5.41) is 12.9. The lowest BCUT2D eigenvalue weighted by Crippen LogP contribution is -2.46. The van der Waals surface area contributed by atoms with Crippen LogP contribution in [0.25, 0.3) is 4.85 Å². The second-order valence-corrected chi connectivity index (χ2v) is 6.78. The maximum Gasteiger partial charge on any atom is 0.274 e. The average molecular weight is 380 g/mol. The molecule has 2 N–H and O–H groups in total. The minimum Gasteiger partial charge on any atom is -0.503 e. The fourth-order valence-electron chi connectivity index (χ4n) is 3.20. The topological polar surface area (TPSA) is 96.0 Å². The van der Waals surface area contributed by atoms with E-state index in [0.717, 1.165) is 0 Å². The molecule has 0 saturated carbocycles. The zero-order valence-electron chi connectivity index (χ0n) is 15.6. The van der Waals surface area contributed by atoms with E-state index in [0.29, 0.717) is 30.0 Å². The molecule has 8 heteroatoms. The van der Waals surface area contributed by atoms with Crippen molar-refractivity contribution in [2.75, 3.05) is 6.54 Å². The Labute approximate surface area is 161 Å². The van der Waals surface area contributed by atoms with Gasteiger partial charge in [-0.15, -0.1) is 0 Å². The van der Waals surface area contributed by atoms with E-state index in [1.807, 2.05) is 13.8 Å². The van der Waals surface area contributed by atoms with Crippen LogP contribution in [0.5, 0.6) is 5.75 Å². The molecule has 0 bridgehead atoms. The van der Waals surface area contributed by atoms with Crippen molar-refractivity contribution in [2.45, 2.75) is 33.0 Å². The van der Waals surface area contributed by atoms with E-state index in [2.05, 4.69) is 10.2 Å². The number of pyridine rings is 1. The number of rotatable bonds is 4. The molecule has 2 amide bonds. The second-order valence-electron chi connectivity index (χ2n) is 6.78. The quantitative estimate of drug-likeness (QED) is 0.792. The van der Waals surface area contributed by atoms with Crippen LogP contribution >= 0.6 is 0 Å². The zero-order chi connectivity index (χ0) is 20.4. The molecule has 28 heavy (non-hydrogen) atoms. The Morgan fingerprint density at radius 3 is 2.54 bits per heavy atom. The first-order valence-corrected chi connectivity index (χ1v) is 8.86. The number of nitrogens with zero attached hydrogens (tertiary/aromatic N) is 3. The molecule has 8 nitrogen and oxygen atoms in total. The van der Waals surface area contributed by atoms with Crippen molar-refractivity contribution in [2.24, 2.45) is 0 Å². The third kappa shape index (κ3) is 3.47. The normalized spacial score (nSPS) is 13.2. The monoisotopic (exact) mass is 380 g/mol. The summed E-state index contributed by atoms with van der Waals surface area (Å²) < 4.78 is 1.58. The molecule has 0 radical (unpaired) electrons. The van der Waals surface area contributed by atoms with E-state index in [4.69, 9.17) is 6.57 Å². The van der Waals surface area contributed by atoms with E-state index in [1.54, 1.807) is 33.7 Å². The van der Waals surface area contributed by atoms with E-state index >= 15 is 0 Å². The largest absolute Gasteiger partial charge is 0.503 e. The van der Waals surface area contributed by atoms with Gasteiger partial charge in [-0.2, -0.15) is 0 Å². The molecule has 0 spiro atoms. The third-order valence-corrected chi connectivity index (χ3v) is 4.71. The van der Waals surface area contributed by atoms with Crippen molar-refractivity contribution < 1.29 is 14.7 Å². The van der Waals surface area contributed by atoms with Crippen LogP contribution in [0, 0.1) is 6.57 Å². The molecular weight excluding hydrogens is 360 g/mol. The summed E-state index contributed by atoms with van der Waals surface area (Å²) in [7, 11) is 0. The van der Waals surface area contributed by atoms with Crippen LogP contribution in [-0.4, -0.2) is 39.0 Å². The van der Waals surface area contributed by atoms with Gasteiger partial charge in [0.25, 0.3) is 11.8 Å². The van der Waals surface area contributed by atoms with Crippen LogP contribution in [0.3, 0.4) is 0 Å². The lowest BCUT2D eigenvalue weighted by atomic mass is 10.1. The van der Waals surface area contributed by atoms with Gasteiger partial charge in [0, 0.05) is 36.5 Å². The summed E-state index contributed by atoms with van der Waals surface area (Å²) in [6.07, 6.45) is 0. The molecule has 2 aromatic rings. The molecule has 1 aliphatic rings. The Kier molecular flexibility index (Phi) is 5.18. The maximum atomic E-state index is 12.7. The van der Waals surface area contributed by atoms with E-state index in [9.17, 15) is 19.5 Å². The molecule has 2 heterocycles. The standard InChI is InChI=1S/C20H20N4O4/c1-12(2)23-8-9-24-15(10-16(25)18(26)17(24)20(23)28)11-22-19(27)13-4-6-14(21-3)7-5-13/h4-7,10,12,26H,8-9,11H2,1-2H3,(H,22,27). The van der Waals surface area contributed by atoms with Gasteiger partial charge in [0.15, 0.2) is 17.1 Å². The molecule has 0 fully saturated rings. The van der Waals surface area contributed by atoms with Gasteiger partial charge in [-0.05, 0) is 13.8 Å². The Bertz CT molecular complexity index is 1030. The molecule has 1 aromatic heterocycles. The molecular formula is C20H20N4O4. The van der Waals surface area contributed by atoms with E-state index < -0.39 is 17.1 Å². The number of carbonyl (C=O) groups is 2. The third-order valence-electron chi connectivity index (χ3n) is 4.71. The van der Waals surface area contributed by atoms with Crippen molar-refractivity contribution in [1.82, 2.24) is 14.8 Å². The van der Waals surface area contributed by atoms with Gasteiger partial charge in [-0.3, -0.25) is 14.4 Å². The van der Waals surface area contributed by atoms with Crippen LogP contribution in [0.15, 0.2) is 35.1 Å². The summed E-state index contributed by atoms with van der Waals surface area (Å²) in [5.74, 6) is -1.34. The highest BCUT2D eigenvalue weighted by Crippen LogP contribution is 2.22. The number of nitrogens with one attached hydrogen (secondary N) is 1. The van der Waals surface area contributed by atoms with Crippen LogP contribution in [0.2, 0.25) is 0 Å². The van der Waals surface area contributed by atoms with Crippen LogP contribution in [-0.2, 0) is 13.1 Å². The minimum absolute atomic E-state index is 0.0287. The summed E-state index contributed by atoms with van der Waals surface area (Å²) in [5.41, 5.74) is 0.563. The smallest absolute Gasteiger partial charge is 0.274 e. The molecule has 0 saturated heterocycles. The first kappa shape index (κ1) is 19.2. The number of benzene rings is 1. The van der Waals surface area contributed by atoms with Crippen molar-refractivity contribution in [3.63, 3.8) is 0 Å². The number of aromatic nitrogens is 1. The number of carbonyl (C=O) groups excluding carboxylic acids is 2. The maximum absolute atomic E-state index is 12.7. The SMILES string of the molecule is [C-]#[N+]c1ccc(C(=O)NCc2cc(=O)c(O)c3n2CCN(C(C)C)C3=O)cc1. The zero-order valence-corrected chi connectivity index (χ0v) is 15.6. The highest BCUT2D eigenvalue weighted by molar-refractivity contribution is 5.96. The molecule has 144 valence electrons. The predicted molar refractivity (Wildman–Crippen MR) is 102 cm³/mol. The van der Waals surface area contributed by atoms with Gasteiger partial charge < -0.3 is 19.9 Å². The van der Waals surface area contributed by atoms with Gasteiger partial charge in [0.1, 0.15) is 0 Å². The molecule has 3 rings (SSSR count). The van der Waals surface area contributed by atoms with Crippen LogP contribution < -0.4 is 10.7 Å². The first-order valence-electron chi connectivity index (χ1n) is 8.86. The van der Waals surface area contributed by atoms with Crippen molar-refractivity contribution >= 4 is 17.5 Å². The summed E-state index contributed by atoms with van der Waals surface area (Å²) in [6.45, 7) is 11.6. The lowest BCUT2D eigenvalue weighted by Gasteiger charge is -2.34. The Morgan fingerprint density at radius 2 is 1.93 bits per heavy atom. The Hall–Kier alpha value is -3.60.